The summed E-state index contributed by atoms with van der Waals surface area (Å²) in [6, 6.07) is 6.91. The highest BCUT2D eigenvalue weighted by atomic mass is 16.6. The first-order chi connectivity index (χ1) is 11.9. The number of carbonyl (C=O) groups excluding carboxylic acids is 2. The van der Waals surface area contributed by atoms with Crippen LogP contribution in [0.1, 0.15) is 19.4 Å². The van der Waals surface area contributed by atoms with Crippen LogP contribution in [0.5, 0.6) is 11.5 Å². The lowest BCUT2D eigenvalue weighted by atomic mass is 10.1. The third-order valence-electron chi connectivity index (χ3n) is 3.04. The number of nitrogens with two attached hydrogens (primary N) is 1. The van der Waals surface area contributed by atoms with Crippen molar-refractivity contribution in [3.05, 3.63) is 41.1 Å². The van der Waals surface area contributed by atoms with E-state index in [1.165, 1.54) is 14.0 Å². The second-order valence-corrected chi connectivity index (χ2v) is 4.95. The Bertz CT molecular complexity index is 740. The molecule has 0 amide bonds. The standard InChI is InChI=1S/C18H20N2O5/c1-4-5-13-6-7-16(17(8-13)23-3)24-11-18(22)25-10-15(21)14(9-19)12(2)20/h4-8H,10-11,20H2,1-3H3. The van der Waals surface area contributed by atoms with Crippen LogP contribution in [0, 0.1) is 11.3 Å². The summed E-state index contributed by atoms with van der Waals surface area (Å²) in [4.78, 5) is 23.4. The molecule has 0 unspecified atom stereocenters. The molecule has 1 aromatic rings. The van der Waals surface area contributed by atoms with Crippen LogP contribution >= 0.6 is 0 Å². The van der Waals surface area contributed by atoms with Crippen LogP contribution in [0.3, 0.4) is 0 Å². The Morgan fingerprint density at radius 1 is 1.28 bits per heavy atom. The maximum atomic E-state index is 11.7. The molecule has 0 atom stereocenters. The molecular formula is C18H20N2O5. The number of nitrogens with zero attached hydrogens (tertiary/aromatic N) is 1. The summed E-state index contributed by atoms with van der Waals surface area (Å²) in [5.41, 5.74) is 6.18. The molecule has 0 bridgehead atoms. The molecule has 1 aromatic carbocycles. The molecular weight excluding hydrogens is 324 g/mol. The zero-order valence-corrected chi connectivity index (χ0v) is 14.4. The number of carbonyl (C=O) groups is 2. The molecule has 0 radical (unpaired) electrons. The molecule has 0 fully saturated rings. The average molecular weight is 344 g/mol. The van der Waals surface area contributed by atoms with Gasteiger partial charge >= 0.3 is 5.97 Å². The Morgan fingerprint density at radius 2 is 2.00 bits per heavy atom. The van der Waals surface area contributed by atoms with Gasteiger partial charge in [-0.3, -0.25) is 4.79 Å². The van der Waals surface area contributed by atoms with E-state index in [4.69, 9.17) is 25.2 Å². The quantitative estimate of drug-likeness (QED) is 0.436. The van der Waals surface area contributed by atoms with Crippen LogP contribution in [0.2, 0.25) is 0 Å². The third kappa shape index (κ3) is 6.03. The Morgan fingerprint density at radius 3 is 2.56 bits per heavy atom. The molecule has 0 spiro atoms. The maximum absolute atomic E-state index is 11.7. The zero-order chi connectivity index (χ0) is 18.8. The molecule has 0 aliphatic rings. The van der Waals surface area contributed by atoms with Gasteiger partial charge in [0, 0.05) is 5.70 Å². The van der Waals surface area contributed by atoms with Gasteiger partial charge in [0.2, 0.25) is 5.78 Å². The number of ether oxygens (including phenoxy) is 3. The summed E-state index contributed by atoms with van der Waals surface area (Å²) >= 11 is 0. The van der Waals surface area contributed by atoms with Crippen LogP contribution in [0.15, 0.2) is 35.5 Å². The third-order valence-corrected chi connectivity index (χ3v) is 3.04. The van der Waals surface area contributed by atoms with Gasteiger partial charge in [-0.2, -0.15) is 5.26 Å². The van der Waals surface area contributed by atoms with Gasteiger partial charge in [-0.15, -0.1) is 0 Å². The Balaban J connectivity index is 2.61. The molecule has 132 valence electrons. The van der Waals surface area contributed by atoms with Crippen LogP contribution in [0.25, 0.3) is 6.08 Å². The number of allylic oxidation sites excluding steroid dienone is 2. The second-order valence-electron chi connectivity index (χ2n) is 4.95. The molecule has 0 heterocycles. The van der Waals surface area contributed by atoms with Gasteiger partial charge in [-0.25, -0.2) is 4.79 Å². The lowest BCUT2D eigenvalue weighted by molar-refractivity contribution is -0.149. The predicted molar refractivity (Wildman–Crippen MR) is 91.7 cm³/mol. The molecule has 7 nitrogen and oxygen atoms in total. The van der Waals surface area contributed by atoms with Crippen LogP contribution in [-0.4, -0.2) is 32.1 Å². The van der Waals surface area contributed by atoms with E-state index in [2.05, 4.69) is 0 Å². The number of benzene rings is 1. The van der Waals surface area contributed by atoms with E-state index in [-0.39, 0.29) is 11.3 Å². The van der Waals surface area contributed by atoms with Crippen molar-refractivity contribution >= 4 is 17.8 Å². The van der Waals surface area contributed by atoms with E-state index in [9.17, 15) is 9.59 Å². The molecule has 0 aromatic heterocycles. The fraction of sp³-hybridized carbons (Fsp3) is 0.278. The van der Waals surface area contributed by atoms with Crippen molar-refractivity contribution in [2.75, 3.05) is 20.3 Å². The number of rotatable bonds is 8. The number of esters is 1. The highest BCUT2D eigenvalue weighted by Gasteiger charge is 2.15. The largest absolute Gasteiger partial charge is 0.493 e. The summed E-state index contributed by atoms with van der Waals surface area (Å²) in [7, 11) is 1.49. The number of Topliss-reactive ketones (excluding diaryl/α,β-unsaturated/α-hetero) is 1. The summed E-state index contributed by atoms with van der Waals surface area (Å²) < 4.78 is 15.4. The van der Waals surface area contributed by atoms with E-state index in [1.54, 1.807) is 24.3 Å². The molecule has 0 aliphatic heterocycles. The molecule has 0 aliphatic carbocycles. The SMILES string of the molecule is CC=Cc1ccc(OCC(=O)OCC(=O)C(C#N)=C(C)N)c(OC)c1. The number of methoxy groups -OCH3 is 1. The van der Waals surface area contributed by atoms with Crippen molar-refractivity contribution in [3.63, 3.8) is 0 Å². The van der Waals surface area contributed by atoms with Gasteiger partial charge in [0.1, 0.15) is 11.6 Å². The maximum Gasteiger partial charge on any atom is 0.344 e. The topological polar surface area (TPSA) is 112 Å². The fourth-order valence-corrected chi connectivity index (χ4v) is 1.87. The summed E-state index contributed by atoms with van der Waals surface area (Å²) in [5, 5.41) is 8.81. The van der Waals surface area contributed by atoms with E-state index >= 15 is 0 Å². The van der Waals surface area contributed by atoms with Crippen molar-refractivity contribution in [1.29, 1.82) is 5.26 Å². The molecule has 25 heavy (non-hydrogen) atoms. The molecule has 1 rings (SSSR count). The van der Waals surface area contributed by atoms with Gasteiger partial charge < -0.3 is 19.9 Å². The molecule has 0 saturated carbocycles. The van der Waals surface area contributed by atoms with Crippen molar-refractivity contribution in [2.45, 2.75) is 13.8 Å². The molecule has 7 heteroatoms. The van der Waals surface area contributed by atoms with Crippen LogP contribution < -0.4 is 15.2 Å². The van der Waals surface area contributed by atoms with Crippen molar-refractivity contribution < 1.29 is 23.8 Å². The molecule has 0 saturated heterocycles. The van der Waals surface area contributed by atoms with Gasteiger partial charge in [-0.1, -0.05) is 18.2 Å². The van der Waals surface area contributed by atoms with Crippen molar-refractivity contribution in [2.24, 2.45) is 5.73 Å². The first-order valence-corrected chi connectivity index (χ1v) is 7.41. The van der Waals surface area contributed by atoms with Crippen LogP contribution in [-0.2, 0) is 14.3 Å². The van der Waals surface area contributed by atoms with E-state index in [0.29, 0.717) is 11.5 Å². The highest BCUT2D eigenvalue weighted by molar-refractivity contribution is 6.01. The Labute approximate surface area is 146 Å². The highest BCUT2D eigenvalue weighted by Crippen LogP contribution is 2.28. The number of nitriles is 1. The second kappa shape index (κ2) is 9.78. The minimum absolute atomic E-state index is 0.0748. The monoisotopic (exact) mass is 344 g/mol. The minimum atomic E-state index is -0.750. The number of hydrogen-bond donors (Lipinski definition) is 1. The smallest absolute Gasteiger partial charge is 0.344 e. The first kappa shape index (κ1) is 19.8. The van der Waals surface area contributed by atoms with Gasteiger partial charge in [0.05, 0.1) is 7.11 Å². The summed E-state index contributed by atoms with van der Waals surface area (Å²) in [6.07, 6.45) is 3.78. The summed E-state index contributed by atoms with van der Waals surface area (Å²) in [5.74, 6) is -0.577. The number of hydrogen-bond acceptors (Lipinski definition) is 7. The minimum Gasteiger partial charge on any atom is -0.493 e. The van der Waals surface area contributed by atoms with Gasteiger partial charge in [0.25, 0.3) is 0 Å². The van der Waals surface area contributed by atoms with Crippen molar-refractivity contribution in [3.8, 4) is 17.6 Å². The first-order valence-electron chi connectivity index (χ1n) is 7.41. The zero-order valence-electron chi connectivity index (χ0n) is 14.4. The predicted octanol–water partition coefficient (Wildman–Crippen LogP) is 1.98. The van der Waals surface area contributed by atoms with E-state index in [1.807, 2.05) is 19.1 Å². The molecule has 2 N–H and O–H groups in total. The van der Waals surface area contributed by atoms with Gasteiger partial charge in [-0.05, 0) is 31.5 Å². The van der Waals surface area contributed by atoms with Gasteiger partial charge in [0.15, 0.2) is 24.7 Å². The van der Waals surface area contributed by atoms with Crippen molar-refractivity contribution in [1.82, 2.24) is 0 Å². The normalized spacial score (nSPS) is 11.4. The lowest BCUT2D eigenvalue weighted by Gasteiger charge is -2.11. The summed E-state index contributed by atoms with van der Waals surface area (Å²) in [6.45, 7) is 2.34. The van der Waals surface area contributed by atoms with E-state index < -0.39 is 25.0 Å². The fourth-order valence-electron chi connectivity index (χ4n) is 1.87. The number of ketones is 1. The Hall–Kier alpha value is -3.27. The van der Waals surface area contributed by atoms with E-state index in [0.717, 1.165) is 5.56 Å². The average Bonchev–Trinajstić information content (AvgIpc) is 2.59. The van der Waals surface area contributed by atoms with Crippen LogP contribution in [0.4, 0.5) is 0 Å². The lowest BCUT2D eigenvalue weighted by Crippen LogP contribution is -2.21. The Kier molecular flexibility index (Phi) is 7.73.